The number of halogens is 2. The molecule has 1 amide bonds. The third-order valence-electron chi connectivity index (χ3n) is 2.90. The topological polar surface area (TPSA) is 59.2 Å². The maximum atomic E-state index is 12.3. The zero-order valence-electron chi connectivity index (χ0n) is 11.5. The lowest BCUT2D eigenvalue weighted by molar-refractivity contribution is 0.0780. The second-order valence-electron chi connectivity index (χ2n) is 4.56. The summed E-state index contributed by atoms with van der Waals surface area (Å²) in [5.74, 6) is -0.138. The number of rotatable bonds is 5. The fourth-order valence-electron chi connectivity index (χ4n) is 1.82. The second kappa shape index (κ2) is 7.22. The van der Waals surface area contributed by atoms with Crippen LogP contribution < -0.4 is 5.73 Å². The van der Waals surface area contributed by atoms with Crippen LogP contribution in [-0.4, -0.2) is 29.4 Å². The monoisotopic (exact) mass is 343 g/mol. The first-order valence-corrected chi connectivity index (χ1v) is 7.98. The number of carbonyl (C=O) groups excluding carboxylic acids is 1. The summed E-state index contributed by atoms with van der Waals surface area (Å²) >= 11 is 13.4. The molecule has 0 aliphatic carbocycles. The van der Waals surface area contributed by atoms with Gasteiger partial charge in [0.2, 0.25) is 0 Å². The van der Waals surface area contributed by atoms with E-state index in [0.717, 1.165) is 10.6 Å². The standard InChI is InChI=1S/C14H15Cl2N3OS/c1-19(7-9-2-3-10(15)6-11(9)16)14(20)12-8-21-13(18-12)4-5-17/h2-3,6,8H,4-5,7,17H2,1H3. The molecule has 2 aromatic rings. The third-order valence-corrected chi connectivity index (χ3v) is 4.39. The summed E-state index contributed by atoms with van der Waals surface area (Å²) in [5.41, 5.74) is 6.77. The Bertz CT molecular complexity index is 645. The minimum Gasteiger partial charge on any atom is -0.336 e. The van der Waals surface area contributed by atoms with E-state index < -0.39 is 0 Å². The zero-order valence-corrected chi connectivity index (χ0v) is 13.8. The molecule has 0 radical (unpaired) electrons. The lowest BCUT2D eigenvalue weighted by atomic mass is 10.2. The summed E-state index contributed by atoms with van der Waals surface area (Å²) in [7, 11) is 1.72. The van der Waals surface area contributed by atoms with E-state index in [9.17, 15) is 4.79 Å². The Morgan fingerprint density at radius 1 is 1.43 bits per heavy atom. The van der Waals surface area contributed by atoms with Crippen LogP contribution in [0.5, 0.6) is 0 Å². The zero-order chi connectivity index (χ0) is 15.4. The lowest BCUT2D eigenvalue weighted by Gasteiger charge is -2.17. The molecule has 0 unspecified atom stereocenters. The molecule has 2 rings (SSSR count). The van der Waals surface area contributed by atoms with Crippen LogP contribution in [0.3, 0.4) is 0 Å². The van der Waals surface area contributed by atoms with Crippen molar-refractivity contribution in [3.63, 3.8) is 0 Å². The van der Waals surface area contributed by atoms with Crippen LogP contribution in [0.4, 0.5) is 0 Å². The molecule has 0 aliphatic heterocycles. The highest BCUT2D eigenvalue weighted by Gasteiger charge is 2.16. The number of hydrogen-bond donors (Lipinski definition) is 1. The van der Waals surface area contributed by atoms with Gasteiger partial charge < -0.3 is 10.6 Å². The molecular formula is C14H15Cl2N3OS. The van der Waals surface area contributed by atoms with E-state index in [1.54, 1.807) is 29.5 Å². The lowest BCUT2D eigenvalue weighted by Crippen LogP contribution is -2.26. The highest BCUT2D eigenvalue weighted by atomic mass is 35.5. The number of thiazole rings is 1. The number of aromatic nitrogens is 1. The fraction of sp³-hybridized carbons (Fsp3) is 0.286. The van der Waals surface area contributed by atoms with Crippen molar-refractivity contribution in [1.29, 1.82) is 0 Å². The Kier molecular flexibility index (Phi) is 5.58. The van der Waals surface area contributed by atoms with Gasteiger partial charge in [0, 0.05) is 35.4 Å². The molecule has 0 saturated heterocycles. The van der Waals surface area contributed by atoms with Crippen LogP contribution in [0, 0.1) is 0 Å². The quantitative estimate of drug-likeness (QED) is 0.906. The van der Waals surface area contributed by atoms with Gasteiger partial charge in [-0.15, -0.1) is 11.3 Å². The Morgan fingerprint density at radius 2 is 2.19 bits per heavy atom. The first-order valence-electron chi connectivity index (χ1n) is 6.35. The van der Waals surface area contributed by atoms with Crippen molar-refractivity contribution in [2.24, 2.45) is 5.73 Å². The molecule has 1 aromatic heterocycles. The number of hydrogen-bond acceptors (Lipinski definition) is 4. The van der Waals surface area contributed by atoms with Gasteiger partial charge in [-0.2, -0.15) is 0 Å². The molecule has 1 heterocycles. The number of benzene rings is 1. The number of amides is 1. The minimum atomic E-state index is -0.138. The van der Waals surface area contributed by atoms with Crippen molar-refractivity contribution in [2.45, 2.75) is 13.0 Å². The molecule has 0 aliphatic rings. The van der Waals surface area contributed by atoms with Crippen LogP contribution in [0.2, 0.25) is 10.0 Å². The molecule has 0 bridgehead atoms. The van der Waals surface area contributed by atoms with Gasteiger partial charge in [0.05, 0.1) is 5.01 Å². The highest BCUT2D eigenvalue weighted by molar-refractivity contribution is 7.09. The van der Waals surface area contributed by atoms with Crippen molar-refractivity contribution in [1.82, 2.24) is 9.88 Å². The van der Waals surface area contributed by atoms with Crippen molar-refractivity contribution in [3.05, 3.63) is 49.9 Å². The maximum Gasteiger partial charge on any atom is 0.273 e. The van der Waals surface area contributed by atoms with Crippen molar-refractivity contribution in [3.8, 4) is 0 Å². The summed E-state index contributed by atoms with van der Waals surface area (Å²) in [6.45, 7) is 0.927. The van der Waals surface area contributed by atoms with Crippen LogP contribution in [0.15, 0.2) is 23.6 Å². The summed E-state index contributed by atoms with van der Waals surface area (Å²) in [4.78, 5) is 18.2. The van der Waals surface area contributed by atoms with Gasteiger partial charge in [-0.3, -0.25) is 4.79 Å². The van der Waals surface area contributed by atoms with Gasteiger partial charge in [-0.05, 0) is 24.2 Å². The second-order valence-corrected chi connectivity index (χ2v) is 6.35. The Hall–Kier alpha value is -1.14. The largest absolute Gasteiger partial charge is 0.336 e. The average molecular weight is 344 g/mol. The van der Waals surface area contributed by atoms with Gasteiger partial charge in [0.15, 0.2) is 0 Å². The van der Waals surface area contributed by atoms with Crippen LogP contribution in [-0.2, 0) is 13.0 Å². The predicted octanol–water partition coefficient (Wildman–Crippen LogP) is 3.22. The summed E-state index contributed by atoms with van der Waals surface area (Å²) in [6.07, 6.45) is 0.685. The Balaban J connectivity index is 2.08. The molecule has 112 valence electrons. The molecule has 0 fully saturated rings. The van der Waals surface area contributed by atoms with Crippen molar-refractivity contribution >= 4 is 40.4 Å². The maximum absolute atomic E-state index is 12.3. The van der Waals surface area contributed by atoms with Gasteiger partial charge in [-0.1, -0.05) is 29.3 Å². The normalized spacial score (nSPS) is 10.7. The Labute approximate surface area is 137 Å². The van der Waals surface area contributed by atoms with E-state index in [1.807, 2.05) is 6.07 Å². The summed E-state index contributed by atoms with van der Waals surface area (Å²) in [6, 6.07) is 5.23. The molecular weight excluding hydrogens is 329 g/mol. The van der Waals surface area contributed by atoms with Gasteiger partial charge in [0.25, 0.3) is 5.91 Å². The molecule has 1 aromatic carbocycles. The summed E-state index contributed by atoms with van der Waals surface area (Å²) < 4.78 is 0. The van der Waals surface area contributed by atoms with Crippen LogP contribution in [0.25, 0.3) is 0 Å². The first kappa shape index (κ1) is 16.2. The minimum absolute atomic E-state index is 0.138. The number of nitrogens with two attached hydrogens (primary N) is 1. The average Bonchev–Trinajstić information content (AvgIpc) is 2.90. The molecule has 7 heteroatoms. The molecule has 21 heavy (non-hydrogen) atoms. The smallest absolute Gasteiger partial charge is 0.273 e. The van der Waals surface area contributed by atoms with Crippen molar-refractivity contribution in [2.75, 3.05) is 13.6 Å². The third kappa shape index (κ3) is 4.17. The van der Waals surface area contributed by atoms with Crippen LogP contribution >= 0.6 is 34.5 Å². The predicted molar refractivity (Wildman–Crippen MR) is 87.1 cm³/mol. The number of nitrogens with zero attached hydrogens (tertiary/aromatic N) is 2. The van der Waals surface area contributed by atoms with Crippen molar-refractivity contribution < 1.29 is 4.79 Å². The van der Waals surface area contributed by atoms with Gasteiger partial charge in [0.1, 0.15) is 5.69 Å². The summed E-state index contributed by atoms with van der Waals surface area (Å²) in [5, 5.41) is 3.75. The van der Waals surface area contributed by atoms with Gasteiger partial charge in [-0.25, -0.2) is 4.98 Å². The van der Waals surface area contributed by atoms with E-state index in [-0.39, 0.29) is 5.91 Å². The number of carbonyl (C=O) groups is 1. The highest BCUT2D eigenvalue weighted by Crippen LogP contribution is 2.22. The fourth-order valence-corrected chi connectivity index (χ4v) is 3.08. The van der Waals surface area contributed by atoms with Crippen LogP contribution in [0.1, 0.15) is 21.1 Å². The molecule has 0 atom stereocenters. The molecule has 2 N–H and O–H groups in total. The van der Waals surface area contributed by atoms with E-state index in [4.69, 9.17) is 28.9 Å². The Morgan fingerprint density at radius 3 is 2.86 bits per heavy atom. The van der Waals surface area contributed by atoms with E-state index in [2.05, 4.69) is 4.98 Å². The van der Waals surface area contributed by atoms with Gasteiger partial charge >= 0.3 is 0 Å². The molecule has 0 saturated carbocycles. The first-order chi connectivity index (χ1) is 10.0. The SMILES string of the molecule is CN(Cc1ccc(Cl)cc1Cl)C(=O)c1csc(CCN)n1. The molecule has 4 nitrogen and oxygen atoms in total. The van der Waals surface area contributed by atoms with E-state index >= 15 is 0 Å². The molecule has 0 spiro atoms. The van der Waals surface area contributed by atoms with E-state index in [1.165, 1.54) is 11.3 Å². The van der Waals surface area contributed by atoms with E-state index in [0.29, 0.717) is 35.2 Å².